The van der Waals surface area contributed by atoms with Crippen LogP contribution in [0.25, 0.3) is 0 Å². The van der Waals surface area contributed by atoms with Gasteiger partial charge in [-0.3, -0.25) is 14.7 Å². The maximum atomic E-state index is 12.2. The number of carbonyl (C=O) groups is 1. The summed E-state index contributed by atoms with van der Waals surface area (Å²) in [5.74, 6) is 1.01. The van der Waals surface area contributed by atoms with Crippen molar-refractivity contribution in [2.45, 2.75) is 31.7 Å². The van der Waals surface area contributed by atoms with Gasteiger partial charge in [-0.2, -0.15) is 0 Å². The first-order valence-corrected chi connectivity index (χ1v) is 11.3. The summed E-state index contributed by atoms with van der Waals surface area (Å²) in [6.07, 6.45) is 1.28. The van der Waals surface area contributed by atoms with Crippen molar-refractivity contribution in [2.75, 3.05) is 11.1 Å². The molecule has 1 atom stereocenters. The number of amides is 1. The van der Waals surface area contributed by atoms with Gasteiger partial charge in [-0.15, -0.1) is 27.0 Å². The highest BCUT2D eigenvalue weighted by molar-refractivity contribution is 7.99. The standard InChI is InChI=1S/C18H18Cl2N6O2S2/c1-4-7-26-16(10(2)28-14-6-5-12(19)8-13(14)20)23-25-18(26)29-9-15(27)21-17-24-22-11(3)30-17/h4-6,8,10H,1,7,9H2,2-3H3,(H,21,24,27). The van der Waals surface area contributed by atoms with E-state index in [1.165, 1.54) is 23.1 Å². The maximum Gasteiger partial charge on any atom is 0.236 e. The zero-order valence-corrected chi connectivity index (χ0v) is 19.3. The van der Waals surface area contributed by atoms with E-state index in [2.05, 4.69) is 32.3 Å². The first-order valence-electron chi connectivity index (χ1n) is 8.75. The van der Waals surface area contributed by atoms with Crippen LogP contribution in [-0.2, 0) is 11.3 Å². The molecule has 1 amide bonds. The SMILES string of the molecule is C=CCn1c(SCC(=O)Nc2nnc(C)s2)nnc1C(C)Oc1ccc(Cl)cc1Cl. The molecule has 0 aliphatic rings. The summed E-state index contributed by atoms with van der Waals surface area (Å²) in [6.45, 7) is 7.91. The zero-order chi connectivity index (χ0) is 21.7. The average Bonchev–Trinajstić information content (AvgIpc) is 3.28. The third-order valence-electron chi connectivity index (χ3n) is 3.72. The fraction of sp³-hybridized carbons (Fsp3) is 0.278. The molecule has 158 valence electrons. The van der Waals surface area contributed by atoms with Crippen LogP contribution >= 0.6 is 46.3 Å². The van der Waals surface area contributed by atoms with Crippen LogP contribution < -0.4 is 10.1 Å². The van der Waals surface area contributed by atoms with Gasteiger partial charge in [0.2, 0.25) is 11.0 Å². The number of hydrogen-bond acceptors (Lipinski definition) is 8. The lowest BCUT2D eigenvalue weighted by molar-refractivity contribution is -0.113. The largest absolute Gasteiger partial charge is 0.481 e. The molecule has 0 aliphatic heterocycles. The Kier molecular flexibility index (Phi) is 7.70. The molecular weight excluding hydrogens is 467 g/mol. The van der Waals surface area contributed by atoms with Crippen molar-refractivity contribution >= 4 is 57.3 Å². The van der Waals surface area contributed by atoms with Gasteiger partial charge < -0.3 is 4.74 Å². The average molecular weight is 485 g/mol. The highest BCUT2D eigenvalue weighted by atomic mass is 35.5. The monoisotopic (exact) mass is 484 g/mol. The number of allylic oxidation sites excluding steroid dienone is 1. The normalized spacial score (nSPS) is 11.9. The van der Waals surface area contributed by atoms with Gasteiger partial charge in [0.15, 0.2) is 17.1 Å². The van der Waals surface area contributed by atoms with Crippen molar-refractivity contribution in [1.82, 2.24) is 25.0 Å². The zero-order valence-electron chi connectivity index (χ0n) is 16.1. The van der Waals surface area contributed by atoms with E-state index in [1.807, 2.05) is 18.4 Å². The second-order valence-electron chi connectivity index (χ2n) is 6.04. The topological polar surface area (TPSA) is 94.8 Å². The number of aromatic nitrogens is 5. The molecule has 2 heterocycles. The van der Waals surface area contributed by atoms with Crippen molar-refractivity contribution in [3.8, 4) is 5.75 Å². The fourth-order valence-corrected chi connectivity index (χ4v) is 4.27. The third kappa shape index (κ3) is 5.72. The van der Waals surface area contributed by atoms with E-state index in [-0.39, 0.29) is 11.7 Å². The summed E-state index contributed by atoms with van der Waals surface area (Å²) in [5.41, 5.74) is 0. The van der Waals surface area contributed by atoms with Crippen LogP contribution in [0.3, 0.4) is 0 Å². The molecule has 12 heteroatoms. The van der Waals surface area contributed by atoms with E-state index < -0.39 is 6.10 Å². The Morgan fingerprint density at radius 2 is 2.17 bits per heavy atom. The molecule has 2 aromatic heterocycles. The Morgan fingerprint density at radius 3 is 2.83 bits per heavy atom. The number of anilines is 1. The first kappa shape index (κ1) is 22.5. The van der Waals surface area contributed by atoms with Crippen LogP contribution in [0, 0.1) is 6.92 Å². The minimum absolute atomic E-state index is 0.145. The van der Waals surface area contributed by atoms with E-state index in [4.69, 9.17) is 27.9 Å². The Morgan fingerprint density at radius 1 is 1.37 bits per heavy atom. The van der Waals surface area contributed by atoms with E-state index >= 15 is 0 Å². The second-order valence-corrected chi connectivity index (χ2v) is 9.01. The van der Waals surface area contributed by atoms with Crippen LogP contribution in [0.1, 0.15) is 23.9 Å². The molecule has 30 heavy (non-hydrogen) atoms. The van der Waals surface area contributed by atoms with Gasteiger partial charge in [-0.1, -0.05) is 52.4 Å². The lowest BCUT2D eigenvalue weighted by Gasteiger charge is -2.16. The van der Waals surface area contributed by atoms with Crippen molar-refractivity contribution in [3.05, 3.63) is 51.7 Å². The van der Waals surface area contributed by atoms with E-state index in [0.29, 0.717) is 38.5 Å². The van der Waals surface area contributed by atoms with Gasteiger partial charge in [-0.05, 0) is 32.0 Å². The van der Waals surface area contributed by atoms with Crippen LogP contribution in [0.15, 0.2) is 36.0 Å². The number of hydrogen-bond donors (Lipinski definition) is 1. The molecule has 0 fully saturated rings. The molecule has 0 saturated heterocycles. The summed E-state index contributed by atoms with van der Waals surface area (Å²) >= 11 is 14.7. The predicted molar refractivity (Wildman–Crippen MR) is 120 cm³/mol. The summed E-state index contributed by atoms with van der Waals surface area (Å²) in [4.78, 5) is 12.2. The number of rotatable bonds is 9. The number of nitrogens with zero attached hydrogens (tertiary/aromatic N) is 5. The molecular formula is C18H18Cl2N6O2S2. The Balaban J connectivity index is 1.69. The first-order chi connectivity index (χ1) is 14.4. The molecule has 0 aliphatic carbocycles. The van der Waals surface area contributed by atoms with Crippen LogP contribution in [0.5, 0.6) is 5.75 Å². The quantitative estimate of drug-likeness (QED) is 0.344. The van der Waals surface area contributed by atoms with Crippen molar-refractivity contribution in [3.63, 3.8) is 0 Å². The fourth-order valence-electron chi connectivity index (χ4n) is 2.45. The molecule has 1 aromatic carbocycles. The molecule has 3 aromatic rings. The molecule has 1 unspecified atom stereocenters. The molecule has 8 nitrogen and oxygen atoms in total. The van der Waals surface area contributed by atoms with E-state index in [9.17, 15) is 4.79 Å². The van der Waals surface area contributed by atoms with Gasteiger partial charge in [0.1, 0.15) is 10.8 Å². The van der Waals surface area contributed by atoms with E-state index in [0.717, 1.165) is 5.01 Å². The van der Waals surface area contributed by atoms with Crippen molar-refractivity contribution < 1.29 is 9.53 Å². The molecule has 0 radical (unpaired) electrons. The van der Waals surface area contributed by atoms with Crippen molar-refractivity contribution in [1.29, 1.82) is 0 Å². The number of aryl methyl sites for hydroxylation is 1. The lowest BCUT2D eigenvalue weighted by Crippen LogP contribution is -2.15. The molecule has 0 spiro atoms. The molecule has 1 N–H and O–H groups in total. The van der Waals surface area contributed by atoms with E-state index in [1.54, 1.807) is 24.3 Å². The van der Waals surface area contributed by atoms with Gasteiger partial charge in [0.25, 0.3) is 0 Å². The minimum Gasteiger partial charge on any atom is -0.481 e. The Hall–Kier alpha value is -2.14. The number of thioether (sulfide) groups is 1. The summed E-state index contributed by atoms with van der Waals surface area (Å²) in [6, 6.07) is 5.01. The van der Waals surface area contributed by atoms with Crippen molar-refractivity contribution in [2.24, 2.45) is 0 Å². The minimum atomic E-state index is -0.441. The second kappa shape index (κ2) is 10.3. The number of benzene rings is 1. The van der Waals surface area contributed by atoms with Crippen LogP contribution in [-0.4, -0.2) is 36.6 Å². The Bertz CT molecular complexity index is 1060. The summed E-state index contributed by atoms with van der Waals surface area (Å²) in [7, 11) is 0. The third-order valence-corrected chi connectivity index (χ3v) is 5.97. The van der Waals surface area contributed by atoms with Crippen LogP contribution in [0.2, 0.25) is 10.0 Å². The van der Waals surface area contributed by atoms with Gasteiger partial charge >= 0.3 is 0 Å². The van der Waals surface area contributed by atoms with Gasteiger partial charge in [0, 0.05) is 11.6 Å². The smallest absolute Gasteiger partial charge is 0.236 e. The summed E-state index contributed by atoms with van der Waals surface area (Å²) in [5, 5.41) is 21.7. The number of nitrogens with one attached hydrogen (secondary N) is 1. The van der Waals surface area contributed by atoms with Crippen LogP contribution in [0.4, 0.5) is 5.13 Å². The highest BCUT2D eigenvalue weighted by Crippen LogP contribution is 2.31. The maximum absolute atomic E-state index is 12.2. The van der Waals surface area contributed by atoms with Gasteiger partial charge in [0.05, 0.1) is 10.8 Å². The lowest BCUT2D eigenvalue weighted by atomic mass is 10.3. The highest BCUT2D eigenvalue weighted by Gasteiger charge is 2.21. The molecule has 0 bridgehead atoms. The number of halogens is 2. The Labute approximate surface area is 191 Å². The predicted octanol–water partition coefficient (Wildman–Crippen LogP) is 4.80. The number of ether oxygens (including phenoxy) is 1. The summed E-state index contributed by atoms with van der Waals surface area (Å²) < 4.78 is 7.78. The molecule has 3 rings (SSSR count). The van der Waals surface area contributed by atoms with Gasteiger partial charge in [-0.25, -0.2) is 0 Å². The number of carbonyl (C=O) groups excluding carboxylic acids is 1. The molecule has 0 saturated carbocycles.